The van der Waals surface area contributed by atoms with Crippen LogP contribution in [0, 0.1) is 11.8 Å². The molecule has 0 spiro atoms. The van der Waals surface area contributed by atoms with Crippen LogP contribution in [0.4, 0.5) is 0 Å². The average molecular weight is 322 g/mol. The maximum Gasteiger partial charge on any atom is 0.243 e. The molecule has 2 atom stereocenters. The highest BCUT2D eigenvalue weighted by Gasteiger charge is 2.41. The predicted octanol–water partition coefficient (Wildman–Crippen LogP) is 2.21. The van der Waals surface area contributed by atoms with Gasteiger partial charge in [-0.2, -0.15) is 4.31 Å². The van der Waals surface area contributed by atoms with Crippen molar-refractivity contribution in [3.8, 4) is 0 Å². The van der Waals surface area contributed by atoms with Crippen molar-refractivity contribution in [2.24, 2.45) is 11.8 Å². The van der Waals surface area contributed by atoms with Crippen LogP contribution in [0.3, 0.4) is 0 Å². The number of sulfonamides is 1. The molecule has 0 radical (unpaired) electrons. The van der Waals surface area contributed by atoms with Crippen LogP contribution in [0.25, 0.3) is 0 Å². The predicted molar refractivity (Wildman–Crippen MR) is 88.4 cm³/mol. The molecule has 1 N–H and O–H groups in total. The van der Waals surface area contributed by atoms with Gasteiger partial charge < -0.3 is 5.32 Å². The second-order valence-electron chi connectivity index (χ2n) is 7.26. The molecule has 1 aromatic carbocycles. The third-order valence-corrected chi connectivity index (χ3v) is 7.36. The number of nitrogens with one attached hydrogen (secondary N) is 1. The molecule has 4 nitrogen and oxygen atoms in total. The van der Waals surface area contributed by atoms with Crippen LogP contribution in [0.5, 0.6) is 0 Å². The fourth-order valence-electron chi connectivity index (χ4n) is 3.44. The molecule has 0 aliphatic carbocycles. The molecule has 1 aromatic rings. The summed E-state index contributed by atoms with van der Waals surface area (Å²) in [5.74, 6) is 0.959. The van der Waals surface area contributed by atoms with E-state index in [9.17, 15) is 8.42 Å². The minimum Gasteiger partial charge on any atom is -0.316 e. The van der Waals surface area contributed by atoms with Crippen molar-refractivity contribution in [1.29, 1.82) is 0 Å². The third-order valence-electron chi connectivity index (χ3n) is 5.51. The van der Waals surface area contributed by atoms with E-state index in [-0.39, 0.29) is 5.41 Å². The summed E-state index contributed by atoms with van der Waals surface area (Å²) in [4.78, 5) is 0.427. The molecule has 2 fully saturated rings. The molecule has 0 bridgehead atoms. The van der Waals surface area contributed by atoms with E-state index in [1.54, 1.807) is 16.4 Å². The zero-order valence-electron chi connectivity index (χ0n) is 13.7. The molecule has 0 unspecified atom stereocenters. The first-order valence-corrected chi connectivity index (χ1v) is 9.60. The number of benzene rings is 1. The number of rotatable bonds is 4. The smallest absolute Gasteiger partial charge is 0.243 e. The maximum atomic E-state index is 12.8. The molecule has 0 amide bonds. The molecule has 22 heavy (non-hydrogen) atoms. The Labute approximate surface area is 134 Å². The van der Waals surface area contributed by atoms with E-state index in [2.05, 4.69) is 26.1 Å². The number of hydrogen-bond donors (Lipinski definition) is 1. The van der Waals surface area contributed by atoms with Crippen molar-refractivity contribution in [3.63, 3.8) is 0 Å². The zero-order chi connectivity index (χ0) is 16.0. The average Bonchev–Trinajstić information content (AvgIpc) is 3.09. The summed E-state index contributed by atoms with van der Waals surface area (Å²) in [6.45, 7) is 9.73. The summed E-state index contributed by atoms with van der Waals surface area (Å²) in [6.07, 6.45) is 1.03. The first kappa shape index (κ1) is 16.0. The summed E-state index contributed by atoms with van der Waals surface area (Å²) >= 11 is 0. The molecule has 2 heterocycles. The van der Waals surface area contributed by atoms with E-state index >= 15 is 0 Å². The van der Waals surface area contributed by atoms with Gasteiger partial charge >= 0.3 is 0 Å². The number of nitrogens with zero attached hydrogens (tertiary/aromatic N) is 1. The highest BCUT2D eigenvalue weighted by molar-refractivity contribution is 7.89. The van der Waals surface area contributed by atoms with Crippen molar-refractivity contribution in [1.82, 2.24) is 9.62 Å². The van der Waals surface area contributed by atoms with Crippen LogP contribution < -0.4 is 5.32 Å². The van der Waals surface area contributed by atoms with Crippen LogP contribution in [-0.4, -0.2) is 38.9 Å². The lowest BCUT2D eigenvalue weighted by Gasteiger charge is -2.24. The summed E-state index contributed by atoms with van der Waals surface area (Å²) in [5, 5.41) is 3.35. The van der Waals surface area contributed by atoms with Crippen LogP contribution >= 0.6 is 0 Å². The van der Waals surface area contributed by atoms with Gasteiger partial charge in [0.2, 0.25) is 10.0 Å². The van der Waals surface area contributed by atoms with Crippen molar-refractivity contribution in [2.75, 3.05) is 26.2 Å². The van der Waals surface area contributed by atoms with Crippen molar-refractivity contribution >= 4 is 10.0 Å². The lowest BCUT2D eigenvalue weighted by molar-refractivity contribution is 0.448. The first-order chi connectivity index (χ1) is 10.3. The van der Waals surface area contributed by atoms with Gasteiger partial charge in [-0.05, 0) is 54.5 Å². The Morgan fingerprint density at radius 1 is 1.14 bits per heavy atom. The van der Waals surface area contributed by atoms with Gasteiger partial charge in [-0.25, -0.2) is 8.42 Å². The molecule has 2 aliphatic heterocycles. The Balaban J connectivity index is 1.81. The Morgan fingerprint density at radius 3 is 2.18 bits per heavy atom. The van der Waals surface area contributed by atoms with Crippen LogP contribution in [0.15, 0.2) is 29.2 Å². The van der Waals surface area contributed by atoms with E-state index in [1.165, 1.54) is 5.56 Å². The summed E-state index contributed by atoms with van der Waals surface area (Å²) in [6, 6.07) is 7.48. The van der Waals surface area contributed by atoms with Gasteiger partial charge in [0, 0.05) is 13.1 Å². The standard InChI is InChI=1S/C17H26N2O2S/c1-4-17(2,3)15-5-7-16(8-6-15)22(20,21)19-11-13-9-18-10-14(13)12-19/h5-8,13-14,18H,4,9-12H2,1-3H3/t13-,14+. The molecule has 2 saturated heterocycles. The maximum absolute atomic E-state index is 12.8. The second kappa shape index (κ2) is 5.62. The summed E-state index contributed by atoms with van der Waals surface area (Å²) in [7, 11) is -3.34. The highest BCUT2D eigenvalue weighted by atomic mass is 32.2. The largest absolute Gasteiger partial charge is 0.316 e. The Hall–Kier alpha value is -0.910. The Morgan fingerprint density at radius 2 is 1.68 bits per heavy atom. The van der Waals surface area contributed by atoms with Gasteiger partial charge in [0.05, 0.1) is 4.90 Å². The summed E-state index contributed by atoms with van der Waals surface area (Å²) < 4.78 is 27.3. The topological polar surface area (TPSA) is 49.4 Å². The second-order valence-corrected chi connectivity index (χ2v) is 9.20. The van der Waals surface area contributed by atoms with E-state index < -0.39 is 10.0 Å². The zero-order valence-corrected chi connectivity index (χ0v) is 14.5. The quantitative estimate of drug-likeness (QED) is 0.925. The monoisotopic (exact) mass is 322 g/mol. The molecular weight excluding hydrogens is 296 g/mol. The SMILES string of the molecule is CCC(C)(C)c1ccc(S(=O)(=O)N2C[C@H]3CNC[C@H]3C2)cc1. The van der Waals surface area contributed by atoms with Gasteiger partial charge in [0.1, 0.15) is 0 Å². The van der Waals surface area contributed by atoms with E-state index in [0.29, 0.717) is 29.8 Å². The fraction of sp³-hybridized carbons (Fsp3) is 0.647. The first-order valence-electron chi connectivity index (χ1n) is 8.16. The third kappa shape index (κ3) is 2.70. The fourth-order valence-corrected chi connectivity index (χ4v) is 4.99. The molecule has 2 aliphatic rings. The molecule has 5 heteroatoms. The molecule has 0 aromatic heterocycles. The number of hydrogen-bond acceptors (Lipinski definition) is 3. The van der Waals surface area contributed by atoms with Gasteiger partial charge in [0.15, 0.2) is 0 Å². The number of fused-ring (bicyclic) bond motifs is 1. The molecule has 3 rings (SSSR count). The highest BCUT2D eigenvalue weighted by Crippen LogP contribution is 2.32. The van der Waals surface area contributed by atoms with Gasteiger partial charge in [-0.15, -0.1) is 0 Å². The minimum atomic E-state index is -3.34. The van der Waals surface area contributed by atoms with E-state index in [4.69, 9.17) is 0 Å². The van der Waals surface area contributed by atoms with Gasteiger partial charge in [0.25, 0.3) is 0 Å². The molecule has 122 valence electrons. The van der Waals surface area contributed by atoms with Gasteiger partial charge in [-0.1, -0.05) is 32.9 Å². The lowest BCUT2D eigenvalue weighted by atomic mass is 9.82. The van der Waals surface area contributed by atoms with E-state index in [0.717, 1.165) is 19.5 Å². The Bertz CT molecular complexity index is 625. The lowest BCUT2D eigenvalue weighted by Crippen LogP contribution is -2.32. The minimum absolute atomic E-state index is 0.0820. The normalized spacial score (nSPS) is 26.3. The van der Waals surface area contributed by atoms with Gasteiger partial charge in [-0.3, -0.25) is 0 Å². The van der Waals surface area contributed by atoms with Crippen molar-refractivity contribution < 1.29 is 8.42 Å². The van der Waals surface area contributed by atoms with Crippen molar-refractivity contribution in [3.05, 3.63) is 29.8 Å². The Kier molecular flexibility index (Phi) is 4.08. The molecular formula is C17H26N2O2S. The molecule has 0 saturated carbocycles. The van der Waals surface area contributed by atoms with Crippen LogP contribution in [0.1, 0.15) is 32.8 Å². The van der Waals surface area contributed by atoms with Crippen molar-refractivity contribution in [2.45, 2.75) is 37.5 Å². The van der Waals surface area contributed by atoms with Crippen LogP contribution in [0.2, 0.25) is 0 Å². The summed E-state index contributed by atoms with van der Waals surface area (Å²) in [5.41, 5.74) is 1.27. The van der Waals surface area contributed by atoms with E-state index in [1.807, 2.05) is 12.1 Å². The van der Waals surface area contributed by atoms with Crippen LogP contribution in [-0.2, 0) is 15.4 Å².